The molecule has 108 valence electrons. The number of amides is 1. The van der Waals surface area contributed by atoms with Crippen molar-refractivity contribution in [3.63, 3.8) is 0 Å². The number of aromatic nitrogens is 2. The molecule has 0 aliphatic heterocycles. The SMILES string of the molecule is Cn1ccc(C(=O)Nc2ccc(C(=O)O)cc2[N+](=O)[O-])n1. The van der Waals surface area contributed by atoms with Gasteiger partial charge in [0.25, 0.3) is 11.6 Å². The molecule has 9 heteroatoms. The van der Waals surface area contributed by atoms with E-state index in [1.165, 1.54) is 22.9 Å². The number of anilines is 1. The van der Waals surface area contributed by atoms with Crippen molar-refractivity contribution in [3.8, 4) is 0 Å². The summed E-state index contributed by atoms with van der Waals surface area (Å²) >= 11 is 0. The van der Waals surface area contributed by atoms with E-state index in [1.54, 1.807) is 13.2 Å². The minimum absolute atomic E-state index is 0.0918. The molecule has 2 N–H and O–H groups in total. The molecule has 0 atom stereocenters. The van der Waals surface area contributed by atoms with Gasteiger partial charge in [-0.2, -0.15) is 5.10 Å². The molecular formula is C12H10N4O5. The molecule has 1 heterocycles. The average molecular weight is 290 g/mol. The summed E-state index contributed by atoms with van der Waals surface area (Å²) in [5, 5.41) is 26.0. The van der Waals surface area contributed by atoms with Crippen molar-refractivity contribution in [1.29, 1.82) is 0 Å². The number of aryl methyl sites for hydroxylation is 1. The molecule has 9 nitrogen and oxygen atoms in total. The van der Waals surface area contributed by atoms with Crippen LogP contribution in [0.5, 0.6) is 0 Å². The fourth-order valence-electron chi connectivity index (χ4n) is 1.64. The number of aromatic carboxylic acids is 1. The maximum absolute atomic E-state index is 11.9. The van der Waals surface area contributed by atoms with Crippen LogP contribution in [0.2, 0.25) is 0 Å². The Balaban J connectivity index is 2.33. The molecule has 2 aromatic rings. The number of carbonyl (C=O) groups is 2. The maximum Gasteiger partial charge on any atom is 0.335 e. The molecular weight excluding hydrogens is 280 g/mol. The van der Waals surface area contributed by atoms with Crippen molar-refractivity contribution in [2.24, 2.45) is 7.05 Å². The lowest BCUT2D eigenvalue weighted by molar-refractivity contribution is -0.383. The molecule has 21 heavy (non-hydrogen) atoms. The van der Waals surface area contributed by atoms with Gasteiger partial charge in [-0.25, -0.2) is 4.79 Å². The molecule has 0 unspecified atom stereocenters. The van der Waals surface area contributed by atoms with Gasteiger partial charge < -0.3 is 10.4 Å². The molecule has 0 fully saturated rings. The van der Waals surface area contributed by atoms with Crippen LogP contribution in [-0.2, 0) is 7.05 Å². The molecule has 0 aliphatic rings. The van der Waals surface area contributed by atoms with E-state index in [0.717, 1.165) is 6.07 Å². The summed E-state index contributed by atoms with van der Waals surface area (Å²) in [5.74, 6) is -1.91. The summed E-state index contributed by atoms with van der Waals surface area (Å²) in [7, 11) is 1.63. The molecule has 0 aliphatic carbocycles. The van der Waals surface area contributed by atoms with Crippen LogP contribution >= 0.6 is 0 Å². The van der Waals surface area contributed by atoms with Gasteiger partial charge in [-0.05, 0) is 18.2 Å². The van der Waals surface area contributed by atoms with Gasteiger partial charge in [0.15, 0.2) is 5.69 Å². The van der Waals surface area contributed by atoms with Crippen LogP contribution in [0.1, 0.15) is 20.8 Å². The highest BCUT2D eigenvalue weighted by molar-refractivity contribution is 6.04. The summed E-state index contributed by atoms with van der Waals surface area (Å²) in [6.07, 6.45) is 1.55. The Labute approximate surface area is 118 Å². The highest BCUT2D eigenvalue weighted by Gasteiger charge is 2.20. The zero-order chi connectivity index (χ0) is 15.6. The summed E-state index contributed by atoms with van der Waals surface area (Å²) in [6, 6.07) is 4.68. The number of benzene rings is 1. The number of carbonyl (C=O) groups excluding carboxylic acids is 1. The van der Waals surface area contributed by atoms with E-state index in [9.17, 15) is 19.7 Å². The molecule has 0 spiro atoms. The molecule has 2 rings (SSSR count). The first-order valence-electron chi connectivity index (χ1n) is 5.71. The average Bonchev–Trinajstić information content (AvgIpc) is 2.85. The number of rotatable bonds is 4. The van der Waals surface area contributed by atoms with Crippen molar-refractivity contribution in [3.05, 3.63) is 51.8 Å². The van der Waals surface area contributed by atoms with Crippen LogP contribution in [0.3, 0.4) is 0 Å². The number of nitro groups is 1. The van der Waals surface area contributed by atoms with Gasteiger partial charge in [-0.3, -0.25) is 19.6 Å². The Morgan fingerprint density at radius 1 is 1.38 bits per heavy atom. The Kier molecular flexibility index (Phi) is 3.65. The Morgan fingerprint density at radius 3 is 2.62 bits per heavy atom. The topological polar surface area (TPSA) is 127 Å². The van der Waals surface area contributed by atoms with Crippen LogP contribution in [0.4, 0.5) is 11.4 Å². The zero-order valence-electron chi connectivity index (χ0n) is 10.8. The van der Waals surface area contributed by atoms with Crippen LogP contribution in [0.25, 0.3) is 0 Å². The highest BCUT2D eigenvalue weighted by Crippen LogP contribution is 2.26. The molecule has 0 saturated carbocycles. The lowest BCUT2D eigenvalue weighted by Crippen LogP contribution is -2.14. The zero-order valence-corrected chi connectivity index (χ0v) is 10.8. The quantitative estimate of drug-likeness (QED) is 0.644. The minimum atomic E-state index is -1.29. The number of carboxylic acids is 1. The first-order valence-corrected chi connectivity index (χ1v) is 5.71. The van der Waals surface area contributed by atoms with Crippen LogP contribution in [-0.4, -0.2) is 31.7 Å². The predicted octanol–water partition coefficient (Wildman–Crippen LogP) is 1.28. The van der Waals surface area contributed by atoms with Crippen LogP contribution < -0.4 is 5.32 Å². The summed E-state index contributed by atoms with van der Waals surface area (Å²) in [6.45, 7) is 0. The van der Waals surface area contributed by atoms with E-state index < -0.39 is 22.5 Å². The third-order valence-electron chi connectivity index (χ3n) is 2.64. The summed E-state index contributed by atoms with van der Waals surface area (Å²) in [5.41, 5.74) is -0.744. The largest absolute Gasteiger partial charge is 0.478 e. The first-order chi connectivity index (χ1) is 9.88. The number of hydrogen-bond acceptors (Lipinski definition) is 5. The van der Waals surface area contributed by atoms with Crippen molar-refractivity contribution in [1.82, 2.24) is 9.78 Å². The van der Waals surface area contributed by atoms with Crippen molar-refractivity contribution < 1.29 is 19.6 Å². The highest BCUT2D eigenvalue weighted by atomic mass is 16.6. The van der Waals surface area contributed by atoms with E-state index in [4.69, 9.17) is 5.11 Å². The number of nitrogens with one attached hydrogen (secondary N) is 1. The Morgan fingerprint density at radius 2 is 2.10 bits per heavy atom. The van der Waals surface area contributed by atoms with Crippen molar-refractivity contribution in [2.75, 3.05) is 5.32 Å². The number of nitrogens with zero attached hydrogens (tertiary/aromatic N) is 3. The normalized spacial score (nSPS) is 10.1. The third kappa shape index (κ3) is 3.03. The number of carboxylic acid groups (broad SMARTS) is 1. The Hall–Kier alpha value is -3.23. The predicted molar refractivity (Wildman–Crippen MR) is 71.2 cm³/mol. The second-order valence-corrected chi connectivity index (χ2v) is 4.12. The van der Waals surface area contributed by atoms with Crippen LogP contribution in [0.15, 0.2) is 30.5 Å². The molecule has 0 radical (unpaired) electrons. The molecule has 0 bridgehead atoms. The number of hydrogen-bond donors (Lipinski definition) is 2. The molecule has 0 saturated heterocycles. The van der Waals surface area contributed by atoms with E-state index in [1.807, 2.05) is 0 Å². The Bertz CT molecular complexity index is 737. The van der Waals surface area contributed by atoms with Crippen molar-refractivity contribution >= 4 is 23.3 Å². The van der Waals surface area contributed by atoms with Gasteiger partial charge in [0, 0.05) is 19.3 Å². The maximum atomic E-state index is 11.9. The van der Waals surface area contributed by atoms with Crippen LogP contribution in [0, 0.1) is 10.1 Å². The van der Waals surface area contributed by atoms with Gasteiger partial charge >= 0.3 is 5.97 Å². The van der Waals surface area contributed by atoms with E-state index in [2.05, 4.69) is 10.4 Å². The van der Waals surface area contributed by atoms with Gasteiger partial charge in [0.2, 0.25) is 0 Å². The summed E-state index contributed by atoms with van der Waals surface area (Å²) in [4.78, 5) is 32.9. The third-order valence-corrected chi connectivity index (χ3v) is 2.64. The standard InChI is InChI=1S/C12H10N4O5/c1-15-5-4-9(14-15)11(17)13-8-3-2-7(12(18)19)6-10(8)16(20)21/h2-6H,1H3,(H,13,17)(H,18,19). The lowest BCUT2D eigenvalue weighted by Gasteiger charge is -2.05. The van der Waals surface area contributed by atoms with Gasteiger partial charge in [0.1, 0.15) is 5.69 Å². The smallest absolute Gasteiger partial charge is 0.335 e. The lowest BCUT2D eigenvalue weighted by atomic mass is 10.1. The second kappa shape index (κ2) is 5.41. The van der Waals surface area contributed by atoms with E-state index in [0.29, 0.717) is 0 Å². The fraction of sp³-hybridized carbons (Fsp3) is 0.0833. The second-order valence-electron chi connectivity index (χ2n) is 4.12. The van der Waals surface area contributed by atoms with Gasteiger partial charge in [-0.15, -0.1) is 0 Å². The van der Waals surface area contributed by atoms with E-state index in [-0.39, 0.29) is 16.9 Å². The fourth-order valence-corrected chi connectivity index (χ4v) is 1.64. The summed E-state index contributed by atoms with van der Waals surface area (Å²) < 4.78 is 1.41. The van der Waals surface area contributed by atoms with Crippen molar-refractivity contribution in [2.45, 2.75) is 0 Å². The first kappa shape index (κ1) is 14.2. The molecule has 1 aromatic carbocycles. The van der Waals surface area contributed by atoms with Gasteiger partial charge in [0.05, 0.1) is 10.5 Å². The van der Waals surface area contributed by atoms with E-state index >= 15 is 0 Å². The van der Waals surface area contributed by atoms with Gasteiger partial charge in [-0.1, -0.05) is 0 Å². The monoisotopic (exact) mass is 290 g/mol. The molecule has 1 amide bonds. The number of nitro benzene ring substituents is 1. The molecule has 1 aromatic heterocycles. The minimum Gasteiger partial charge on any atom is -0.478 e.